The molecular formula is C9H7FN2O3. The van der Waals surface area contributed by atoms with Crippen LogP contribution in [0.15, 0.2) is 24.3 Å². The topological polar surface area (TPSA) is 60.9 Å². The van der Waals surface area contributed by atoms with Gasteiger partial charge in [-0.3, -0.25) is 0 Å². The van der Waals surface area contributed by atoms with Crippen LogP contribution in [0.2, 0.25) is 0 Å². The maximum atomic E-state index is 12.6. The van der Waals surface area contributed by atoms with Gasteiger partial charge in [-0.1, -0.05) is 18.2 Å². The van der Waals surface area contributed by atoms with E-state index in [-0.39, 0.29) is 6.54 Å². The van der Waals surface area contributed by atoms with Crippen molar-refractivity contribution in [3.8, 4) is 0 Å². The highest BCUT2D eigenvalue weighted by Gasteiger charge is 2.35. The van der Waals surface area contributed by atoms with E-state index in [0.29, 0.717) is 21.3 Å². The number of para-hydroxylation sites is 1. The fraction of sp³-hybridized carbons (Fsp3) is 0.111. The lowest BCUT2D eigenvalue weighted by Gasteiger charge is -2.21. The molecule has 0 unspecified atom stereocenters. The van der Waals surface area contributed by atoms with E-state index in [4.69, 9.17) is 5.11 Å². The van der Waals surface area contributed by atoms with Crippen molar-refractivity contribution in [1.82, 2.24) is 5.01 Å². The second kappa shape index (κ2) is 3.23. The molecular weight excluding hydrogens is 203 g/mol. The molecule has 78 valence electrons. The van der Waals surface area contributed by atoms with E-state index >= 15 is 0 Å². The number of carboxylic acid groups (broad SMARTS) is 1. The summed E-state index contributed by atoms with van der Waals surface area (Å²) >= 11 is 0. The highest BCUT2D eigenvalue weighted by molar-refractivity contribution is 5.91. The van der Waals surface area contributed by atoms with E-state index in [1.807, 2.05) is 0 Å². The van der Waals surface area contributed by atoms with Gasteiger partial charge >= 0.3 is 12.3 Å². The molecule has 0 bridgehead atoms. The number of anilines is 1. The van der Waals surface area contributed by atoms with Crippen molar-refractivity contribution in [3.63, 3.8) is 0 Å². The van der Waals surface area contributed by atoms with Crippen LogP contribution in [0.3, 0.4) is 0 Å². The number of halogens is 1. The maximum Gasteiger partial charge on any atom is 0.431 e. The van der Waals surface area contributed by atoms with E-state index in [1.54, 1.807) is 18.2 Å². The number of rotatable bonds is 0. The van der Waals surface area contributed by atoms with Gasteiger partial charge in [0.15, 0.2) is 0 Å². The van der Waals surface area contributed by atoms with Crippen LogP contribution in [0.25, 0.3) is 0 Å². The van der Waals surface area contributed by atoms with Gasteiger partial charge in [0, 0.05) is 0 Å². The van der Waals surface area contributed by atoms with Crippen molar-refractivity contribution < 1.29 is 19.1 Å². The number of carbonyl (C=O) groups is 2. The molecule has 0 spiro atoms. The molecule has 0 aromatic heterocycles. The number of fused-ring (bicyclic) bond motifs is 1. The summed E-state index contributed by atoms with van der Waals surface area (Å²) in [5.41, 5.74) is 0.918. The van der Waals surface area contributed by atoms with Crippen molar-refractivity contribution in [2.45, 2.75) is 6.54 Å². The second-order valence-electron chi connectivity index (χ2n) is 3.03. The predicted molar refractivity (Wildman–Crippen MR) is 49.0 cm³/mol. The first-order valence-corrected chi connectivity index (χ1v) is 4.19. The van der Waals surface area contributed by atoms with Gasteiger partial charge in [-0.2, -0.15) is 5.01 Å². The lowest BCUT2D eigenvalue weighted by molar-refractivity contribution is 0.154. The molecule has 1 N–H and O–H groups in total. The van der Waals surface area contributed by atoms with E-state index < -0.39 is 12.3 Å². The minimum atomic E-state index is -1.78. The van der Waals surface area contributed by atoms with E-state index in [2.05, 4.69) is 0 Å². The van der Waals surface area contributed by atoms with Crippen LogP contribution in [0.1, 0.15) is 5.56 Å². The number of hydrogen-bond acceptors (Lipinski definition) is 2. The summed E-state index contributed by atoms with van der Waals surface area (Å²) in [5.74, 6) is 0. The van der Waals surface area contributed by atoms with Crippen molar-refractivity contribution in [2.24, 2.45) is 0 Å². The fourth-order valence-electron chi connectivity index (χ4n) is 1.56. The Morgan fingerprint density at radius 2 is 2.00 bits per heavy atom. The summed E-state index contributed by atoms with van der Waals surface area (Å²) in [6.45, 7) is -0.0577. The predicted octanol–water partition coefficient (Wildman–Crippen LogP) is 1.99. The van der Waals surface area contributed by atoms with Crippen LogP contribution >= 0.6 is 0 Å². The molecule has 0 aliphatic carbocycles. The van der Waals surface area contributed by atoms with Gasteiger partial charge in [-0.15, -0.1) is 4.39 Å². The third-order valence-corrected chi connectivity index (χ3v) is 2.17. The Morgan fingerprint density at radius 3 is 2.60 bits per heavy atom. The molecule has 0 atom stereocenters. The minimum Gasteiger partial charge on any atom is -0.463 e. The highest BCUT2D eigenvalue weighted by Crippen LogP contribution is 2.31. The third-order valence-electron chi connectivity index (χ3n) is 2.17. The summed E-state index contributed by atoms with van der Waals surface area (Å²) < 4.78 is 12.6. The SMILES string of the molecule is O=C(F)N1Cc2ccccc2N1C(=O)O. The van der Waals surface area contributed by atoms with Gasteiger partial charge in [-0.25, -0.2) is 14.6 Å². The first-order chi connectivity index (χ1) is 7.11. The average molecular weight is 210 g/mol. The van der Waals surface area contributed by atoms with Gasteiger partial charge in [0.1, 0.15) is 0 Å². The zero-order valence-corrected chi connectivity index (χ0v) is 7.55. The molecule has 1 aromatic carbocycles. The summed E-state index contributed by atoms with van der Waals surface area (Å²) in [5, 5.41) is 9.99. The molecule has 1 aromatic rings. The molecule has 2 rings (SSSR count). The van der Waals surface area contributed by atoms with E-state index in [0.717, 1.165) is 0 Å². The van der Waals surface area contributed by atoms with E-state index in [9.17, 15) is 14.0 Å². The van der Waals surface area contributed by atoms with Crippen LogP contribution < -0.4 is 5.01 Å². The van der Waals surface area contributed by atoms with Crippen molar-refractivity contribution in [1.29, 1.82) is 0 Å². The van der Waals surface area contributed by atoms with Crippen molar-refractivity contribution in [3.05, 3.63) is 29.8 Å². The fourth-order valence-corrected chi connectivity index (χ4v) is 1.56. The summed E-state index contributed by atoms with van der Waals surface area (Å²) in [4.78, 5) is 21.4. The van der Waals surface area contributed by atoms with Crippen LogP contribution in [-0.2, 0) is 6.54 Å². The molecule has 1 aliphatic rings. The number of hydrogen-bond donors (Lipinski definition) is 1. The molecule has 0 fully saturated rings. The lowest BCUT2D eigenvalue weighted by atomic mass is 10.2. The molecule has 1 aliphatic heterocycles. The Morgan fingerprint density at radius 1 is 1.33 bits per heavy atom. The highest BCUT2D eigenvalue weighted by atomic mass is 19.1. The molecule has 0 radical (unpaired) electrons. The Balaban J connectivity index is 2.46. The summed E-state index contributed by atoms with van der Waals surface area (Å²) in [7, 11) is 0. The Labute approximate surface area is 84.3 Å². The molecule has 5 nitrogen and oxygen atoms in total. The molecule has 6 heteroatoms. The van der Waals surface area contributed by atoms with Crippen LogP contribution in [-0.4, -0.2) is 22.4 Å². The third kappa shape index (κ3) is 1.39. The maximum absolute atomic E-state index is 12.6. The lowest BCUT2D eigenvalue weighted by Crippen LogP contribution is -2.43. The zero-order valence-electron chi connectivity index (χ0n) is 7.55. The number of amides is 2. The Kier molecular flexibility index (Phi) is 2.03. The quantitative estimate of drug-likeness (QED) is 0.526. The monoisotopic (exact) mass is 210 g/mol. The largest absolute Gasteiger partial charge is 0.463 e. The van der Waals surface area contributed by atoms with Gasteiger partial charge in [0.2, 0.25) is 0 Å². The molecule has 2 amide bonds. The Bertz CT molecular complexity index is 435. The average Bonchev–Trinajstić information content (AvgIpc) is 2.56. The van der Waals surface area contributed by atoms with Crippen molar-refractivity contribution >= 4 is 17.9 Å². The second-order valence-corrected chi connectivity index (χ2v) is 3.03. The van der Waals surface area contributed by atoms with Gasteiger partial charge < -0.3 is 5.11 Å². The molecule has 0 saturated heterocycles. The molecule has 15 heavy (non-hydrogen) atoms. The first kappa shape index (κ1) is 9.45. The molecule has 1 heterocycles. The number of benzene rings is 1. The zero-order chi connectivity index (χ0) is 11.0. The smallest absolute Gasteiger partial charge is 0.431 e. The molecule has 0 saturated carbocycles. The standard InChI is InChI=1S/C9H7FN2O3/c10-8(13)11-5-6-3-1-2-4-7(6)12(11)9(14)15/h1-4H,5H2,(H,14,15). The summed E-state index contributed by atoms with van der Waals surface area (Å²) in [6.07, 6.45) is -3.17. The van der Waals surface area contributed by atoms with Crippen LogP contribution in [0.4, 0.5) is 19.7 Å². The van der Waals surface area contributed by atoms with E-state index in [1.165, 1.54) is 6.07 Å². The van der Waals surface area contributed by atoms with Crippen LogP contribution in [0, 0.1) is 0 Å². The van der Waals surface area contributed by atoms with Crippen LogP contribution in [0.5, 0.6) is 0 Å². The van der Waals surface area contributed by atoms with Gasteiger partial charge in [-0.05, 0) is 11.6 Å². The van der Waals surface area contributed by atoms with Crippen molar-refractivity contribution in [2.75, 3.05) is 5.01 Å². The normalized spacial score (nSPS) is 13.9. The minimum absolute atomic E-state index is 0.0577. The van der Waals surface area contributed by atoms with Gasteiger partial charge in [0.05, 0.1) is 12.2 Å². The first-order valence-electron chi connectivity index (χ1n) is 4.19. The number of carbonyl (C=O) groups excluding carboxylic acids is 1. The van der Waals surface area contributed by atoms with Gasteiger partial charge in [0.25, 0.3) is 0 Å². The number of nitrogens with zero attached hydrogens (tertiary/aromatic N) is 2. The summed E-state index contributed by atoms with van der Waals surface area (Å²) in [6, 6.07) is 6.49. The Hall–Kier alpha value is -2.11. The number of hydrazine groups is 1.